The predicted molar refractivity (Wildman–Crippen MR) is 86.9 cm³/mol. The highest BCUT2D eigenvalue weighted by molar-refractivity contribution is 14.1. The molecule has 1 aromatic carbocycles. The second kappa shape index (κ2) is 5.94. The van der Waals surface area contributed by atoms with Gasteiger partial charge in [0.1, 0.15) is 4.90 Å². The second-order valence-corrected chi connectivity index (χ2v) is 7.67. The summed E-state index contributed by atoms with van der Waals surface area (Å²) in [5.41, 5.74) is 0.481. The molecule has 1 N–H and O–H groups in total. The van der Waals surface area contributed by atoms with Gasteiger partial charge in [0.05, 0.1) is 10.7 Å². The smallest absolute Gasteiger partial charge is 0.264 e. The highest BCUT2D eigenvalue weighted by Crippen LogP contribution is 2.27. The van der Waals surface area contributed by atoms with Crippen LogP contribution < -0.4 is 4.72 Å². The van der Waals surface area contributed by atoms with E-state index in [1.807, 2.05) is 28.7 Å². The molecule has 0 aliphatic carbocycles. The fourth-order valence-corrected chi connectivity index (χ4v) is 3.85. The Balaban J connectivity index is 2.43. The molecule has 1 heterocycles. The molecule has 1 aromatic heterocycles. The molecule has 0 aliphatic rings. The summed E-state index contributed by atoms with van der Waals surface area (Å²) in [5, 5.41) is 0.132. The van der Waals surface area contributed by atoms with Gasteiger partial charge in [-0.05, 0) is 46.9 Å². The van der Waals surface area contributed by atoms with Crippen LogP contribution in [0.1, 0.15) is 0 Å². The van der Waals surface area contributed by atoms with E-state index in [2.05, 4.69) is 25.6 Å². The second-order valence-electron chi connectivity index (χ2n) is 3.54. The first-order valence-corrected chi connectivity index (χ1v) is 8.71. The van der Waals surface area contributed by atoms with Crippen LogP contribution in [0.25, 0.3) is 0 Å². The number of pyridine rings is 1. The molecule has 0 saturated carbocycles. The van der Waals surface area contributed by atoms with E-state index in [9.17, 15) is 8.42 Å². The van der Waals surface area contributed by atoms with Crippen LogP contribution in [0.15, 0.2) is 46.0 Å². The summed E-state index contributed by atoms with van der Waals surface area (Å²) in [4.78, 5) is 3.73. The molecule has 4 nitrogen and oxygen atoms in total. The molecule has 0 saturated heterocycles. The highest BCUT2D eigenvalue weighted by atomic mass is 127. The number of halogens is 3. The first kappa shape index (κ1) is 15.0. The van der Waals surface area contributed by atoms with Crippen molar-refractivity contribution in [2.45, 2.75) is 4.90 Å². The van der Waals surface area contributed by atoms with Gasteiger partial charge in [-0.2, -0.15) is 0 Å². The first-order chi connectivity index (χ1) is 8.90. The molecule has 100 valence electrons. The number of anilines is 1. The monoisotopic (exact) mass is 472 g/mol. The lowest BCUT2D eigenvalue weighted by Gasteiger charge is -2.10. The van der Waals surface area contributed by atoms with E-state index in [0.29, 0.717) is 5.69 Å². The molecule has 0 fully saturated rings. The van der Waals surface area contributed by atoms with Gasteiger partial charge in [0.15, 0.2) is 0 Å². The van der Waals surface area contributed by atoms with Gasteiger partial charge < -0.3 is 0 Å². The highest BCUT2D eigenvalue weighted by Gasteiger charge is 2.19. The minimum absolute atomic E-state index is 0.0487. The van der Waals surface area contributed by atoms with Crippen molar-refractivity contribution in [3.63, 3.8) is 0 Å². The summed E-state index contributed by atoms with van der Waals surface area (Å²) < 4.78 is 28.5. The van der Waals surface area contributed by atoms with Gasteiger partial charge in [-0.25, -0.2) is 8.42 Å². The maximum absolute atomic E-state index is 12.2. The minimum Gasteiger partial charge on any atom is -0.278 e. The Hall–Kier alpha value is -0.380. The summed E-state index contributed by atoms with van der Waals surface area (Å²) in [6.07, 6.45) is 2.65. The van der Waals surface area contributed by atoms with Crippen LogP contribution in [0.5, 0.6) is 0 Å². The molecular formula is C11H7BrClIN2O2S. The van der Waals surface area contributed by atoms with E-state index in [0.717, 1.165) is 8.04 Å². The molecule has 8 heteroatoms. The third-order valence-electron chi connectivity index (χ3n) is 2.20. The van der Waals surface area contributed by atoms with E-state index in [4.69, 9.17) is 11.6 Å². The summed E-state index contributed by atoms with van der Waals surface area (Å²) in [5.74, 6) is 0. The number of rotatable bonds is 3. The normalized spacial score (nSPS) is 11.3. The van der Waals surface area contributed by atoms with Gasteiger partial charge in [0, 0.05) is 20.4 Å². The average Bonchev–Trinajstić information content (AvgIpc) is 2.34. The Morgan fingerprint density at radius 3 is 2.74 bits per heavy atom. The van der Waals surface area contributed by atoms with Crippen molar-refractivity contribution in [2.24, 2.45) is 0 Å². The third-order valence-corrected chi connectivity index (χ3v) is 5.46. The fraction of sp³-hybridized carbons (Fsp3) is 0. The SMILES string of the molecule is O=S(=O)(Nc1cc(Br)ccc1I)c1cnccc1Cl. The zero-order valence-corrected chi connectivity index (χ0v) is 14.6. The van der Waals surface area contributed by atoms with Crippen molar-refractivity contribution in [1.29, 1.82) is 0 Å². The van der Waals surface area contributed by atoms with E-state index in [-0.39, 0.29) is 9.92 Å². The average molecular weight is 474 g/mol. The van der Waals surface area contributed by atoms with E-state index >= 15 is 0 Å². The fourth-order valence-electron chi connectivity index (χ4n) is 1.34. The lowest BCUT2D eigenvalue weighted by molar-refractivity contribution is 0.601. The lowest BCUT2D eigenvalue weighted by Crippen LogP contribution is -2.14. The predicted octanol–water partition coefficient (Wildman–Crippen LogP) is 3.90. The number of sulfonamides is 1. The Morgan fingerprint density at radius 1 is 1.32 bits per heavy atom. The van der Waals surface area contributed by atoms with Crippen LogP contribution in [0, 0.1) is 3.57 Å². The van der Waals surface area contributed by atoms with Crippen molar-refractivity contribution in [3.8, 4) is 0 Å². The molecule has 2 rings (SSSR count). The molecular weight excluding hydrogens is 466 g/mol. The van der Waals surface area contributed by atoms with Crippen LogP contribution in [-0.2, 0) is 10.0 Å². The summed E-state index contributed by atoms with van der Waals surface area (Å²) in [6, 6.07) is 6.75. The van der Waals surface area contributed by atoms with Gasteiger partial charge in [-0.15, -0.1) is 0 Å². The van der Waals surface area contributed by atoms with Crippen molar-refractivity contribution in [2.75, 3.05) is 4.72 Å². The third kappa shape index (κ3) is 3.59. The van der Waals surface area contributed by atoms with Crippen LogP contribution in [0.4, 0.5) is 5.69 Å². The zero-order valence-electron chi connectivity index (χ0n) is 9.27. The maximum atomic E-state index is 12.2. The Bertz CT molecular complexity index is 724. The van der Waals surface area contributed by atoms with E-state index < -0.39 is 10.0 Å². The standard InChI is InChI=1S/C11H7BrClIN2O2S/c12-7-1-2-9(14)10(5-7)16-19(17,18)11-6-15-4-3-8(11)13/h1-6,16H. The molecule has 0 unspecified atom stereocenters. The quantitative estimate of drug-likeness (QED) is 0.688. The number of benzene rings is 1. The summed E-state index contributed by atoms with van der Waals surface area (Å²) in [7, 11) is -3.75. The van der Waals surface area contributed by atoms with Gasteiger partial charge in [0.25, 0.3) is 10.0 Å². The molecule has 0 aliphatic heterocycles. The molecule has 0 amide bonds. The van der Waals surface area contributed by atoms with Gasteiger partial charge in [0.2, 0.25) is 0 Å². The van der Waals surface area contributed by atoms with Crippen LogP contribution in [0.2, 0.25) is 5.02 Å². The maximum Gasteiger partial charge on any atom is 0.264 e. The van der Waals surface area contributed by atoms with Crippen molar-refractivity contribution in [3.05, 3.63) is 49.7 Å². The Morgan fingerprint density at radius 2 is 2.05 bits per heavy atom. The molecule has 0 spiro atoms. The molecule has 0 atom stereocenters. The number of hydrogen-bond donors (Lipinski definition) is 1. The van der Waals surface area contributed by atoms with E-state index in [1.165, 1.54) is 18.5 Å². The Kier molecular flexibility index (Phi) is 4.70. The molecule has 19 heavy (non-hydrogen) atoms. The number of aromatic nitrogens is 1. The van der Waals surface area contributed by atoms with Crippen molar-refractivity contribution >= 4 is 65.8 Å². The molecule has 2 aromatic rings. The topological polar surface area (TPSA) is 59.1 Å². The van der Waals surface area contributed by atoms with Crippen LogP contribution in [0.3, 0.4) is 0 Å². The van der Waals surface area contributed by atoms with Gasteiger partial charge >= 0.3 is 0 Å². The number of hydrogen-bond acceptors (Lipinski definition) is 3. The summed E-state index contributed by atoms with van der Waals surface area (Å²) >= 11 is 11.2. The minimum atomic E-state index is -3.75. The molecule has 0 bridgehead atoms. The first-order valence-electron chi connectivity index (χ1n) is 4.97. The van der Waals surface area contributed by atoms with Crippen LogP contribution >= 0.6 is 50.1 Å². The van der Waals surface area contributed by atoms with Gasteiger partial charge in [-0.1, -0.05) is 27.5 Å². The largest absolute Gasteiger partial charge is 0.278 e. The number of nitrogens with one attached hydrogen (secondary N) is 1. The van der Waals surface area contributed by atoms with Crippen molar-refractivity contribution in [1.82, 2.24) is 4.98 Å². The lowest BCUT2D eigenvalue weighted by atomic mass is 10.3. The van der Waals surface area contributed by atoms with Crippen LogP contribution in [-0.4, -0.2) is 13.4 Å². The van der Waals surface area contributed by atoms with Crippen molar-refractivity contribution < 1.29 is 8.42 Å². The zero-order chi connectivity index (χ0) is 14.0. The molecule has 0 radical (unpaired) electrons. The van der Waals surface area contributed by atoms with Gasteiger partial charge in [-0.3, -0.25) is 9.71 Å². The summed E-state index contributed by atoms with van der Waals surface area (Å²) in [6.45, 7) is 0. The van der Waals surface area contributed by atoms with E-state index in [1.54, 1.807) is 12.1 Å². The number of nitrogens with zero attached hydrogens (tertiary/aromatic N) is 1. The Labute approximate surface area is 137 Å².